The van der Waals surface area contributed by atoms with E-state index in [-0.39, 0.29) is 30.3 Å². The number of amides is 2. The lowest BCUT2D eigenvalue weighted by Crippen LogP contribution is -2.57. The summed E-state index contributed by atoms with van der Waals surface area (Å²) in [5.41, 5.74) is 1.12. The lowest BCUT2D eigenvalue weighted by atomic mass is 9.85. The number of piperazine rings is 1. The summed E-state index contributed by atoms with van der Waals surface area (Å²) >= 11 is 0. The number of anilines is 1. The Morgan fingerprint density at radius 3 is 2.36 bits per heavy atom. The minimum Gasteiger partial charge on any atom is -0.369 e. The molecule has 3 aliphatic heterocycles. The Hall–Kier alpha value is -2.45. The molecule has 0 saturated carbocycles. The van der Waals surface area contributed by atoms with Gasteiger partial charge in [-0.3, -0.25) is 14.4 Å². The third-order valence-corrected chi connectivity index (χ3v) is 7.10. The molecule has 1 aromatic rings. The van der Waals surface area contributed by atoms with Crippen LogP contribution in [0.5, 0.6) is 0 Å². The Morgan fingerprint density at radius 1 is 1.09 bits per heavy atom. The lowest BCUT2D eigenvalue weighted by molar-refractivity contribution is -0.140. The summed E-state index contributed by atoms with van der Waals surface area (Å²) < 4.78 is 5.52. The number of likely N-dealkylation sites (tertiary alicyclic amines) is 1. The molecular weight excluding hydrogens is 420 g/mol. The van der Waals surface area contributed by atoms with Crippen molar-refractivity contribution in [3.63, 3.8) is 0 Å². The largest absolute Gasteiger partial charge is 0.369 e. The number of ether oxygens (including phenoxy) is 1. The number of carbonyl (C=O) groups is 3. The fraction of sp³-hybridized carbons (Fsp3) is 0.640. The number of nitrogens with one attached hydrogen (secondary N) is 1. The summed E-state index contributed by atoms with van der Waals surface area (Å²) in [5, 5.41) is 2.95. The van der Waals surface area contributed by atoms with Crippen LogP contribution in [-0.4, -0.2) is 91.5 Å². The highest BCUT2D eigenvalue weighted by atomic mass is 16.5. The van der Waals surface area contributed by atoms with Crippen molar-refractivity contribution in [3.8, 4) is 0 Å². The second-order valence-corrected chi connectivity index (χ2v) is 10.3. The number of carbonyl (C=O) groups excluding carboxylic acids is 3. The van der Waals surface area contributed by atoms with E-state index in [0.29, 0.717) is 18.5 Å². The molecule has 3 fully saturated rings. The van der Waals surface area contributed by atoms with Gasteiger partial charge in [0.05, 0.1) is 6.10 Å². The number of nitrogens with zero attached hydrogens (tertiary/aromatic N) is 3. The first kappa shape index (κ1) is 23.7. The van der Waals surface area contributed by atoms with Crippen molar-refractivity contribution < 1.29 is 19.1 Å². The number of hydrogen-bond acceptors (Lipinski definition) is 6. The molecule has 0 bridgehead atoms. The van der Waals surface area contributed by atoms with E-state index in [0.717, 1.165) is 38.4 Å². The van der Waals surface area contributed by atoms with E-state index in [2.05, 4.69) is 22.0 Å². The Bertz CT molecular complexity index is 887. The predicted molar refractivity (Wildman–Crippen MR) is 126 cm³/mol. The van der Waals surface area contributed by atoms with Crippen LogP contribution in [0.4, 0.5) is 5.69 Å². The molecule has 0 aromatic heterocycles. The van der Waals surface area contributed by atoms with Crippen molar-refractivity contribution in [1.82, 2.24) is 15.1 Å². The highest BCUT2D eigenvalue weighted by molar-refractivity contribution is 5.99. The number of benzene rings is 1. The molecule has 1 unspecified atom stereocenters. The standard InChI is InChI=1S/C25H36N4O4/c1-5-27-12-14-28(15-13-27)18-8-6-17(7-9-18)23(31)26-22(25(2,3)4)24(32)29-11-10-20-21(29)19(30)16-33-20/h6-9,20-22H,5,10-16H2,1-4H3,(H,26,31)/t20-,21-,22?/m1/s1. The molecular formula is C25H36N4O4. The lowest BCUT2D eigenvalue weighted by Gasteiger charge is -2.36. The van der Waals surface area contributed by atoms with E-state index >= 15 is 0 Å². The number of hydrogen-bond donors (Lipinski definition) is 1. The van der Waals surface area contributed by atoms with Gasteiger partial charge in [0.2, 0.25) is 5.91 Å². The topological polar surface area (TPSA) is 82.2 Å². The minimum absolute atomic E-state index is 0.0554. The molecule has 8 nitrogen and oxygen atoms in total. The van der Waals surface area contributed by atoms with Gasteiger partial charge in [-0.1, -0.05) is 27.7 Å². The predicted octanol–water partition coefficient (Wildman–Crippen LogP) is 1.54. The van der Waals surface area contributed by atoms with Gasteiger partial charge in [-0.05, 0) is 42.6 Å². The van der Waals surface area contributed by atoms with Gasteiger partial charge < -0.3 is 24.8 Å². The number of likely N-dealkylation sites (N-methyl/N-ethyl adjacent to an activating group) is 1. The molecule has 1 aromatic carbocycles. The molecule has 3 atom stereocenters. The van der Waals surface area contributed by atoms with E-state index in [1.165, 1.54) is 0 Å². The third kappa shape index (κ3) is 4.92. The number of fused-ring (bicyclic) bond motifs is 1. The van der Waals surface area contributed by atoms with E-state index in [9.17, 15) is 14.4 Å². The van der Waals surface area contributed by atoms with Crippen LogP contribution in [0, 0.1) is 5.41 Å². The first-order valence-electron chi connectivity index (χ1n) is 12.0. The molecule has 4 rings (SSSR count). The van der Waals surface area contributed by atoms with Crippen molar-refractivity contribution in [2.24, 2.45) is 5.41 Å². The van der Waals surface area contributed by atoms with Crippen molar-refractivity contribution >= 4 is 23.3 Å². The summed E-state index contributed by atoms with van der Waals surface area (Å²) in [6.07, 6.45) is 0.436. The maximum atomic E-state index is 13.5. The van der Waals surface area contributed by atoms with Gasteiger partial charge in [0, 0.05) is 44.0 Å². The molecule has 33 heavy (non-hydrogen) atoms. The van der Waals surface area contributed by atoms with Gasteiger partial charge in [-0.15, -0.1) is 0 Å². The molecule has 3 saturated heterocycles. The van der Waals surface area contributed by atoms with Crippen LogP contribution in [0.3, 0.4) is 0 Å². The Morgan fingerprint density at radius 2 is 1.76 bits per heavy atom. The number of ketones is 1. The van der Waals surface area contributed by atoms with Gasteiger partial charge in [0.1, 0.15) is 18.7 Å². The molecule has 0 aliphatic carbocycles. The first-order chi connectivity index (χ1) is 15.7. The normalized spacial score (nSPS) is 24.7. The molecule has 0 spiro atoms. The van der Waals surface area contributed by atoms with Crippen LogP contribution in [0.1, 0.15) is 44.5 Å². The Labute approximate surface area is 196 Å². The van der Waals surface area contributed by atoms with Crippen molar-refractivity contribution in [2.45, 2.75) is 52.3 Å². The number of rotatable bonds is 5. The first-order valence-corrected chi connectivity index (χ1v) is 12.0. The Kier molecular flexibility index (Phi) is 6.77. The monoisotopic (exact) mass is 456 g/mol. The minimum atomic E-state index is -0.737. The van der Waals surface area contributed by atoms with E-state index in [1.54, 1.807) is 4.90 Å². The molecule has 180 valence electrons. The zero-order valence-electron chi connectivity index (χ0n) is 20.2. The summed E-state index contributed by atoms with van der Waals surface area (Å²) in [5.74, 6) is -0.553. The molecule has 1 N–H and O–H groups in total. The summed E-state index contributed by atoms with van der Waals surface area (Å²) in [6.45, 7) is 13.6. The van der Waals surface area contributed by atoms with E-state index < -0.39 is 17.5 Å². The highest BCUT2D eigenvalue weighted by Gasteiger charge is 2.49. The zero-order valence-corrected chi connectivity index (χ0v) is 20.2. The van der Waals surface area contributed by atoms with Crippen LogP contribution in [0.15, 0.2) is 24.3 Å². The summed E-state index contributed by atoms with van der Waals surface area (Å²) in [7, 11) is 0. The summed E-state index contributed by atoms with van der Waals surface area (Å²) in [6, 6.07) is 6.34. The third-order valence-electron chi connectivity index (χ3n) is 7.10. The molecule has 8 heteroatoms. The quantitative estimate of drug-likeness (QED) is 0.724. The van der Waals surface area contributed by atoms with Gasteiger partial charge in [-0.2, -0.15) is 0 Å². The summed E-state index contributed by atoms with van der Waals surface area (Å²) in [4.78, 5) is 45.2. The maximum Gasteiger partial charge on any atom is 0.251 e. The highest BCUT2D eigenvalue weighted by Crippen LogP contribution is 2.30. The smallest absolute Gasteiger partial charge is 0.251 e. The van der Waals surface area contributed by atoms with Crippen LogP contribution < -0.4 is 10.2 Å². The fourth-order valence-corrected chi connectivity index (χ4v) is 5.02. The number of Topliss-reactive ketones (excluding diaryl/α,β-unsaturated/α-hetero) is 1. The molecule has 0 radical (unpaired) electrons. The van der Waals surface area contributed by atoms with Crippen molar-refractivity contribution in [2.75, 3.05) is 50.8 Å². The molecule has 2 amide bonds. The van der Waals surface area contributed by atoms with E-state index in [1.807, 2.05) is 45.0 Å². The van der Waals surface area contributed by atoms with Crippen molar-refractivity contribution in [3.05, 3.63) is 29.8 Å². The van der Waals surface area contributed by atoms with E-state index in [4.69, 9.17) is 4.74 Å². The van der Waals surface area contributed by atoms with Gasteiger partial charge in [-0.25, -0.2) is 0 Å². The second-order valence-electron chi connectivity index (χ2n) is 10.3. The van der Waals surface area contributed by atoms with Gasteiger partial charge in [0.25, 0.3) is 5.91 Å². The fourth-order valence-electron chi connectivity index (χ4n) is 5.02. The molecule has 3 heterocycles. The van der Waals surface area contributed by atoms with Crippen LogP contribution in [0.2, 0.25) is 0 Å². The second kappa shape index (κ2) is 9.43. The van der Waals surface area contributed by atoms with Gasteiger partial charge in [0.15, 0.2) is 5.78 Å². The average Bonchev–Trinajstić information content (AvgIpc) is 3.39. The van der Waals surface area contributed by atoms with Crippen molar-refractivity contribution in [1.29, 1.82) is 0 Å². The van der Waals surface area contributed by atoms with Crippen LogP contribution in [0.25, 0.3) is 0 Å². The Balaban J connectivity index is 1.43. The zero-order chi connectivity index (χ0) is 23.8. The maximum absolute atomic E-state index is 13.5. The average molecular weight is 457 g/mol. The molecule has 3 aliphatic rings. The van der Waals surface area contributed by atoms with Gasteiger partial charge >= 0.3 is 0 Å². The SMILES string of the molecule is CCN1CCN(c2ccc(C(=O)NC(C(=O)N3CC[C@H]4OCC(=O)[C@H]43)C(C)(C)C)cc2)CC1. The van der Waals surface area contributed by atoms with Crippen LogP contribution in [-0.2, 0) is 14.3 Å². The van der Waals surface area contributed by atoms with Crippen LogP contribution >= 0.6 is 0 Å².